The normalized spacial score (nSPS) is 10.4. The Balaban J connectivity index is 1.91. The van der Waals surface area contributed by atoms with Gasteiger partial charge in [0.05, 0.1) is 6.54 Å². The Labute approximate surface area is 125 Å². The van der Waals surface area contributed by atoms with E-state index in [1.807, 2.05) is 37.3 Å². The van der Waals surface area contributed by atoms with Crippen molar-refractivity contribution < 1.29 is 9.13 Å². The molecule has 3 nitrogen and oxygen atoms in total. The van der Waals surface area contributed by atoms with Gasteiger partial charge in [0.1, 0.15) is 18.2 Å². The summed E-state index contributed by atoms with van der Waals surface area (Å²) in [5, 5.41) is 0. The predicted molar refractivity (Wildman–Crippen MR) is 84.1 cm³/mol. The average Bonchev–Trinajstić information content (AvgIpc) is 2.52. The molecule has 2 aromatic rings. The second-order valence-corrected chi connectivity index (χ2v) is 4.76. The van der Waals surface area contributed by atoms with E-state index in [9.17, 15) is 4.39 Å². The molecule has 4 heteroatoms. The van der Waals surface area contributed by atoms with Crippen LogP contribution in [0.1, 0.15) is 12.5 Å². The van der Waals surface area contributed by atoms with E-state index in [4.69, 9.17) is 10.5 Å². The summed E-state index contributed by atoms with van der Waals surface area (Å²) in [7, 11) is 0. The van der Waals surface area contributed by atoms with Crippen molar-refractivity contribution >= 4 is 5.69 Å². The number of nitrogens with two attached hydrogens (primary N) is 1. The van der Waals surface area contributed by atoms with E-state index in [2.05, 4.69) is 4.90 Å². The fourth-order valence-electron chi connectivity index (χ4n) is 2.18. The highest BCUT2D eigenvalue weighted by molar-refractivity contribution is 5.46. The lowest BCUT2D eigenvalue weighted by molar-refractivity contribution is 0.324. The first-order valence-electron chi connectivity index (χ1n) is 7.15. The minimum absolute atomic E-state index is 0.220. The summed E-state index contributed by atoms with van der Waals surface area (Å²) in [4.78, 5) is 2.08. The highest BCUT2D eigenvalue weighted by Crippen LogP contribution is 2.16. The first-order valence-corrected chi connectivity index (χ1v) is 7.15. The van der Waals surface area contributed by atoms with Gasteiger partial charge in [0.2, 0.25) is 0 Å². The second kappa shape index (κ2) is 7.64. The third kappa shape index (κ3) is 4.46. The predicted octanol–water partition coefficient (Wildman–Crippen LogP) is 3.19. The van der Waals surface area contributed by atoms with E-state index in [0.717, 1.165) is 23.5 Å². The number of halogens is 1. The van der Waals surface area contributed by atoms with Gasteiger partial charge in [0.15, 0.2) is 0 Å². The number of hydrogen-bond acceptors (Lipinski definition) is 3. The number of anilines is 1. The molecule has 0 aliphatic heterocycles. The Morgan fingerprint density at radius 2 is 1.95 bits per heavy atom. The van der Waals surface area contributed by atoms with Crippen molar-refractivity contribution in [3.8, 4) is 5.75 Å². The van der Waals surface area contributed by atoms with Crippen LogP contribution in [-0.4, -0.2) is 19.7 Å². The van der Waals surface area contributed by atoms with Gasteiger partial charge in [-0.25, -0.2) is 4.39 Å². The van der Waals surface area contributed by atoms with Crippen LogP contribution in [0.3, 0.4) is 0 Å². The molecule has 0 atom stereocenters. The first-order chi connectivity index (χ1) is 10.2. The molecule has 0 bridgehead atoms. The molecule has 0 heterocycles. The fourth-order valence-corrected chi connectivity index (χ4v) is 2.18. The Kier molecular flexibility index (Phi) is 5.58. The topological polar surface area (TPSA) is 38.5 Å². The van der Waals surface area contributed by atoms with Gasteiger partial charge >= 0.3 is 0 Å². The molecule has 112 valence electrons. The van der Waals surface area contributed by atoms with E-state index >= 15 is 0 Å². The van der Waals surface area contributed by atoms with Gasteiger partial charge in [-0.15, -0.1) is 0 Å². The van der Waals surface area contributed by atoms with Gasteiger partial charge in [-0.1, -0.05) is 18.2 Å². The highest BCUT2D eigenvalue weighted by atomic mass is 19.1. The van der Waals surface area contributed by atoms with Gasteiger partial charge in [-0.05, 0) is 42.8 Å². The van der Waals surface area contributed by atoms with Crippen LogP contribution >= 0.6 is 0 Å². The lowest BCUT2D eigenvalue weighted by atomic mass is 10.2. The van der Waals surface area contributed by atoms with Crippen molar-refractivity contribution in [2.45, 2.75) is 13.5 Å². The molecule has 0 saturated heterocycles. The van der Waals surface area contributed by atoms with Crippen LogP contribution in [0.15, 0.2) is 48.5 Å². The molecular weight excluding hydrogens is 267 g/mol. The number of hydrogen-bond donors (Lipinski definition) is 1. The largest absolute Gasteiger partial charge is 0.492 e. The zero-order chi connectivity index (χ0) is 15.1. The maximum atomic E-state index is 13.3. The quantitative estimate of drug-likeness (QED) is 0.850. The van der Waals surface area contributed by atoms with Gasteiger partial charge in [0.25, 0.3) is 0 Å². The molecule has 21 heavy (non-hydrogen) atoms. The Bertz CT molecular complexity index is 574. The van der Waals surface area contributed by atoms with Crippen LogP contribution < -0.4 is 15.4 Å². The van der Waals surface area contributed by atoms with E-state index in [-0.39, 0.29) is 5.82 Å². The minimum Gasteiger partial charge on any atom is -0.492 e. The van der Waals surface area contributed by atoms with Crippen molar-refractivity contribution in [2.24, 2.45) is 5.73 Å². The second-order valence-electron chi connectivity index (χ2n) is 4.76. The molecule has 0 radical (unpaired) electrons. The summed E-state index contributed by atoms with van der Waals surface area (Å²) in [5.41, 5.74) is 7.53. The average molecular weight is 288 g/mol. The van der Waals surface area contributed by atoms with Crippen LogP contribution in [0, 0.1) is 5.82 Å². The van der Waals surface area contributed by atoms with Crippen LogP contribution in [-0.2, 0) is 6.54 Å². The summed E-state index contributed by atoms with van der Waals surface area (Å²) >= 11 is 0. The van der Waals surface area contributed by atoms with E-state index in [1.165, 1.54) is 6.07 Å². The summed E-state index contributed by atoms with van der Waals surface area (Å²) in [6.45, 7) is 4.59. The lowest BCUT2D eigenvalue weighted by Gasteiger charge is -2.23. The SMILES string of the molecule is CCN(CCOc1cccc(CN)c1)c1cccc(F)c1. The zero-order valence-electron chi connectivity index (χ0n) is 12.3. The molecule has 2 rings (SSSR count). The monoisotopic (exact) mass is 288 g/mol. The number of likely N-dealkylation sites (N-methyl/N-ethyl adjacent to an activating group) is 1. The molecule has 0 saturated carbocycles. The number of ether oxygens (including phenoxy) is 1. The molecule has 0 spiro atoms. The highest BCUT2D eigenvalue weighted by Gasteiger charge is 2.05. The fraction of sp³-hybridized carbons (Fsp3) is 0.294. The van der Waals surface area contributed by atoms with Gasteiger partial charge in [-0.3, -0.25) is 0 Å². The smallest absolute Gasteiger partial charge is 0.125 e. The Morgan fingerprint density at radius 1 is 1.14 bits per heavy atom. The van der Waals surface area contributed by atoms with Crippen molar-refractivity contribution in [3.05, 3.63) is 59.9 Å². The molecule has 0 unspecified atom stereocenters. The number of nitrogens with zero attached hydrogens (tertiary/aromatic N) is 1. The maximum Gasteiger partial charge on any atom is 0.125 e. The molecule has 0 aliphatic rings. The standard InChI is InChI=1S/C17H21FN2O/c1-2-20(16-7-4-6-15(18)12-16)9-10-21-17-8-3-5-14(11-17)13-19/h3-8,11-12H,2,9-10,13,19H2,1H3. The summed E-state index contributed by atoms with van der Waals surface area (Å²) < 4.78 is 19.0. The van der Waals surface area contributed by atoms with Gasteiger partial charge in [-0.2, -0.15) is 0 Å². The molecular formula is C17H21FN2O. The number of rotatable bonds is 7. The van der Waals surface area contributed by atoms with Crippen LogP contribution in [0.25, 0.3) is 0 Å². The molecule has 0 amide bonds. The molecule has 0 aromatic heterocycles. The first kappa shape index (κ1) is 15.3. The summed E-state index contributed by atoms with van der Waals surface area (Å²) in [6, 6.07) is 14.4. The van der Waals surface area contributed by atoms with Crippen LogP contribution in [0.5, 0.6) is 5.75 Å². The Hall–Kier alpha value is -2.07. The zero-order valence-corrected chi connectivity index (χ0v) is 12.3. The van der Waals surface area contributed by atoms with Crippen LogP contribution in [0.2, 0.25) is 0 Å². The molecule has 2 N–H and O–H groups in total. The molecule has 0 fully saturated rings. The van der Waals surface area contributed by atoms with Crippen LogP contribution in [0.4, 0.5) is 10.1 Å². The maximum absolute atomic E-state index is 13.3. The molecule has 0 aliphatic carbocycles. The van der Waals surface area contributed by atoms with Crippen molar-refractivity contribution in [3.63, 3.8) is 0 Å². The van der Waals surface area contributed by atoms with Gasteiger partial charge in [0, 0.05) is 18.8 Å². The summed E-state index contributed by atoms with van der Waals surface area (Å²) in [5.74, 6) is 0.593. The minimum atomic E-state index is -0.220. The summed E-state index contributed by atoms with van der Waals surface area (Å²) in [6.07, 6.45) is 0. The molecule has 2 aromatic carbocycles. The lowest BCUT2D eigenvalue weighted by Crippen LogP contribution is -2.28. The van der Waals surface area contributed by atoms with E-state index < -0.39 is 0 Å². The Morgan fingerprint density at radius 3 is 2.67 bits per heavy atom. The van der Waals surface area contributed by atoms with Gasteiger partial charge < -0.3 is 15.4 Å². The van der Waals surface area contributed by atoms with Crippen molar-refractivity contribution in [1.29, 1.82) is 0 Å². The third-order valence-electron chi connectivity index (χ3n) is 3.32. The third-order valence-corrected chi connectivity index (χ3v) is 3.32. The van der Waals surface area contributed by atoms with E-state index in [0.29, 0.717) is 19.7 Å². The van der Waals surface area contributed by atoms with E-state index in [1.54, 1.807) is 12.1 Å². The number of benzene rings is 2. The van der Waals surface area contributed by atoms with Crippen molar-refractivity contribution in [2.75, 3.05) is 24.6 Å². The van der Waals surface area contributed by atoms with Crippen molar-refractivity contribution in [1.82, 2.24) is 0 Å².